The molecule has 6 heteroatoms. The van der Waals surface area contributed by atoms with Gasteiger partial charge in [0.05, 0.1) is 17.6 Å². The van der Waals surface area contributed by atoms with Gasteiger partial charge in [0, 0.05) is 19.0 Å². The van der Waals surface area contributed by atoms with E-state index in [-0.39, 0.29) is 11.5 Å². The van der Waals surface area contributed by atoms with Crippen molar-refractivity contribution in [2.75, 3.05) is 26.0 Å². The highest BCUT2D eigenvalue weighted by Crippen LogP contribution is 2.28. The topological polar surface area (TPSA) is 58.9 Å². The first-order chi connectivity index (χ1) is 12.3. The van der Waals surface area contributed by atoms with Gasteiger partial charge >= 0.3 is 0 Å². The summed E-state index contributed by atoms with van der Waals surface area (Å²) in [6, 6.07) is 10.6. The zero-order chi connectivity index (χ0) is 18.9. The molecular weight excluding hydrogens is 324 g/mol. The van der Waals surface area contributed by atoms with Crippen molar-refractivity contribution in [2.24, 2.45) is 7.05 Å². The highest BCUT2D eigenvalue weighted by atomic mass is 15.3. The zero-order valence-electron chi connectivity index (χ0n) is 16.5. The van der Waals surface area contributed by atoms with Crippen LogP contribution >= 0.6 is 0 Å². The molecule has 3 rings (SSSR count). The van der Waals surface area contributed by atoms with Gasteiger partial charge < -0.3 is 10.2 Å². The second kappa shape index (κ2) is 7.03. The molecule has 0 saturated heterocycles. The fraction of sp³-hybridized carbons (Fsp3) is 0.450. The average molecular weight is 352 g/mol. The van der Waals surface area contributed by atoms with Gasteiger partial charge in [-0.25, -0.2) is 9.97 Å². The van der Waals surface area contributed by atoms with Crippen molar-refractivity contribution in [1.29, 1.82) is 0 Å². The molecule has 2 aromatic heterocycles. The number of hydrogen-bond acceptors (Lipinski definition) is 5. The molecule has 0 aliphatic rings. The molecule has 0 spiro atoms. The Morgan fingerprint density at radius 3 is 2.42 bits per heavy atom. The molecule has 0 saturated carbocycles. The van der Waals surface area contributed by atoms with E-state index in [0.717, 1.165) is 29.2 Å². The predicted molar refractivity (Wildman–Crippen MR) is 106 cm³/mol. The second-order valence-electron chi connectivity index (χ2n) is 8.02. The van der Waals surface area contributed by atoms with E-state index < -0.39 is 0 Å². The van der Waals surface area contributed by atoms with E-state index in [1.54, 1.807) is 4.68 Å². The van der Waals surface area contributed by atoms with Crippen LogP contribution in [-0.4, -0.2) is 45.3 Å². The Morgan fingerprint density at radius 2 is 1.81 bits per heavy atom. The lowest BCUT2D eigenvalue weighted by Gasteiger charge is -2.25. The molecule has 0 bridgehead atoms. The third-order valence-electron chi connectivity index (χ3n) is 4.32. The molecule has 0 aliphatic heterocycles. The van der Waals surface area contributed by atoms with Gasteiger partial charge in [-0.05, 0) is 19.7 Å². The summed E-state index contributed by atoms with van der Waals surface area (Å²) in [5, 5.41) is 8.98. The maximum atomic E-state index is 4.86. The molecule has 138 valence electrons. The van der Waals surface area contributed by atoms with Crippen LogP contribution in [-0.2, 0) is 12.5 Å². The molecule has 3 aromatic rings. The van der Waals surface area contributed by atoms with Crippen molar-refractivity contribution in [3.63, 3.8) is 0 Å². The number of benzene rings is 1. The first-order valence-electron chi connectivity index (χ1n) is 8.92. The van der Waals surface area contributed by atoms with E-state index in [4.69, 9.17) is 9.97 Å². The Hall–Kier alpha value is -2.47. The van der Waals surface area contributed by atoms with E-state index in [1.165, 1.54) is 5.56 Å². The molecule has 26 heavy (non-hydrogen) atoms. The molecule has 0 radical (unpaired) electrons. The van der Waals surface area contributed by atoms with Gasteiger partial charge in [-0.1, -0.05) is 51.1 Å². The van der Waals surface area contributed by atoms with Crippen LogP contribution < -0.4 is 5.32 Å². The number of nitrogens with one attached hydrogen (secondary N) is 1. The van der Waals surface area contributed by atoms with Crippen LogP contribution in [0.4, 0.5) is 5.82 Å². The standard InChI is InChI=1S/C20H28N6/c1-20(2,3)19-23-17(15-12-21-26(6)18(15)24-19)22-16(13-25(4)5)14-10-8-7-9-11-14/h7-12,16H,13H2,1-6H3,(H,22,23,24). The number of aromatic nitrogens is 4. The van der Waals surface area contributed by atoms with Crippen molar-refractivity contribution in [1.82, 2.24) is 24.6 Å². The summed E-state index contributed by atoms with van der Waals surface area (Å²) in [5.41, 5.74) is 1.94. The summed E-state index contributed by atoms with van der Waals surface area (Å²) in [7, 11) is 6.08. The van der Waals surface area contributed by atoms with Crippen molar-refractivity contribution < 1.29 is 0 Å². The molecule has 6 nitrogen and oxygen atoms in total. The van der Waals surface area contributed by atoms with Gasteiger partial charge in [0.1, 0.15) is 11.6 Å². The van der Waals surface area contributed by atoms with Crippen molar-refractivity contribution in [2.45, 2.75) is 32.2 Å². The largest absolute Gasteiger partial charge is 0.361 e. The number of aryl methyl sites for hydroxylation is 1. The molecule has 2 heterocycles. The smallest absolute Gasteiger partial charge is 0.163 e. The molecule has 0 amide bonds. The minimum absolute atomic E-state index is 0.123. The number of anilines is 1. The summed E-state index contributed by atoms with van der Waals surface area (Å²) in [5.74, 6) is 1.65. The summed E-state index contributed by atoms with van der Waals surface area (Å²) in [6.45, 7) is 7.25. The van der Waals surface area contributed by atoms with Gasteiger partial charge in [-0.15, -0.1) is 0 Å². The van der Waals surface area contributed by atoms with Crippen LogP contribution in [0.25, 0.3) is 11.0 Å². The van der Waals surface area contributed by atoms with Crippen molar-refractivity contribution in [3.8, 4) is 0 Å². The summed E-state index contributed by atoms with van der Waals surface area (Å²) >= 11 is 0. The lowest BCUT2D eigenvalue weighted by Crippen LogP contribution is -2.26. The average Bonchev–Trinajstić information content (AvgIpc) is 2.95. The third kappa shape index (κ3) is 3.85. The van der Waals surface area contributed by atoms with Crippen LogP contribution in [0.2, 0.25) is 0 Å². The van der Waals surface area contributed by atoms with Crippen LogP contribution in [0.1, 0.15) is 38.2 Å². The monoisotopic (exact) mass is 352 g/mol. The highest BCUT2D eigenvalue weighted by Gasteiger charge is 2.23. The number of likely N-dealkylation sites (N-methyl/N-ethyl adjacent to an activating group) is 1. The van der Waals surface area contributed by atoms with Crippen LogP contribution in [0.3, 0.4) is 0 Å². The Kier molecular flexibility index (Phi) is 4.96. The molecule has 0 aliphatic carbocycles. The number of hydrogen-bond donors (Lipinski definition) is 1. The molecule has 1 unspecified atom stereocenters. The Morgan fingerprint density at radius 1 is 1.12 bits per heavy atom. The van der Waals surface area contributed by atoms with Crippen LogP contribution in [0.15, 0.2) is 36.5 Å². The fourth-order valence-corrected chi connectivity index (χ4v) is 2.92. The first kappa shape index (κ1) is 18.3. The van der Waals surface area contributed by atoms with Crippen molar-refractivity contribution in [3.05, 3.63) is 47.9 Å². The van der Waals surface area contributed by atoms with Gasteiger partial charge in [0.25, 0.3) is 0 Å². The Labute approximate surface area is 155 Å². The van der Waals surface area contributed by atoms with Gasteiger partial charge in [-0.2, -0.15) is 5.10 Å². The summed E-state index contributed by atoms with van der Waals surface area (Å²) in [4.78, 5) is 11.8. The van der Waals surface area contributed by atoms with Gasteiger partial charge in [0.2, 0.25) is 0 Å². The van der Waals surface area contributed by atoms with E-state index in [9.17, 15) is 0 Å². The molecule has 1 aromatic carbocycles. The van der Waals surface area contributed by atoms with E-state index in [1.807, 2.05) is 19.3 Å². The lowest BCUT2D eigenvalue weighted by molar-refractivity contribution is 0.386. The second-order valence-corrected chi connectivity index (χ2v) is 8.02. The minimum Gasteiger partial charge on any atom is -0.361 e. The van der Waals surface area contributed by atoms with E-state index in [0.29, 0.717) is 0 Å². The lowest BCUT2D eigenvalue weighted by atomic mass is 9.95. The Bertz CT molecular complexity index is 876. The predicted octanol–water partition coefficient (Wildman–Crippen LogP) is 3.38. The SMILES string of the molecule is CN(C)CC(Nc1nc(C(C)(C)C)nc2c1cnn2C)c1ccccc1. The maximum absolute atomic E-state index is 4.86. The quantitative estimate of drug-likeness (QED) is 0.763. The summed E-state index contributed by atoms with van der Waals surface area (Å²) in [6.07, 6.45) is 1.84. The first-order valence-corrected chi connectivity index (χ1v) is 8.92. The zero-order valence-corrected chi connectivity index (χ0v) is 16.5. The summed E-state index contributed by atoms with van der Waals surface area (Å²) < 4.78 is 1.81. The fourth-order valence-electron chi connectivity index (χ4n) is 2.92. The van der Waals surface area contributed by atoms with E-state index in [2.05, 4.69) is 74.4 Å². The molecule has 1 N–H and O–H groups in total. The number of nitrogens with zero attached hydrogens (tertiary/aromatic N) is 5. The third-order valence-corrected chi connectivity index (χ3v) is 4.32. The van der Waals surface area contributed by atoms with E-state index >= 15 is 0 Å². The van der Waals surface area contributed by atoms with Crippen molar-refractivity contribution >= 4 is 16.9 Å². The van der Waals surface area contributed by atoms with Gasteiger partial charge in [0.15, 0.2) is 5.65 Å². The maximum Gasteiger partial charge on any atom is 0.163 e. The molecular formula is C20H28N6. The number of fused-ring (bicyclic) bond motifs is 1. The van der Waals surface area contributed by atoms with Crippen LogP contribution in [0, 0.1) is 0 Å². The van der Waals surface area contributed by atoms with Crippen LogP contribution in [0.5, 0.6) is 0 Å². The molecule has 1 atom stereocenters. The minimum atomic E-state index is -0.140. The highest BCUT2D eigenvalue weighted by molar-refractivity contribution is 5.86. The van der Waals surface area contributed by atoms with Gasteiger partial charge in [-0.3, -0.25) is 4.68 Å². The number of rotatable bonds is 5. The molecule has 0 fully saturated rings. The normalized spacial score (nSPS) is 13.3. The Balaban J connectivity index is 2.07.